The summed E-state index contributed by atoms with van der Waals surface area (Å²) in [5, 5.41) is 3.00. The molecule has 0 aromatic heterocycles. The second-order valence-electron chi connectivity index (χ2n) is 7.14. The molecule has 3 rings (SSSR count). The fourth-order valence-electron chi connectivity index (χ4n) is 3.68. The number of anilines is 2. The summed E-state index contributed by atoms with van der Waals surface area (Å²) in [7, 11) is 1.43. The highest BCUT2D eigenvalue weighted by Gasteiger charge is 2.30. The number of likely N-dealkylation sites (tertiary alicyclic amines) is 1. The Kier molecular flexibility index (Phi) is 6.68. The highest BCUT2D eigenvalue weighted by Crippen LogP contribution is 2.22. The number of carbonyl (C=O) groups excluding carboxylic acids is 2. The van der Waals surface area contributed by atoms with E-state index in [1.54, 1.807) is 0 Å². The average molecular weight is 375 g/mol. The van der Waals surface area contributed by atoms with Gasteiger partial charge < -0.3 is 19.7 Å². The first-order valence-corrected chi connectivity index (χ1v) is 9.64. The standard InChI is InChI=1S/C20H29N3O4/c1-15(22-9-7-16(8-10-22)20(25)26-2)19(24)21-17-3-5-18(6-4-17)23-11-13-27-14-12-23/h3-6,15-16H,7-14H2,1-2H3,(H,21,24)/t15-/m1/s1. The van der Waals surface area contributed by atoms with Gasteiger partial charge in [-0.2, -0.15) is 0 Å². The van der Waals surface area contributed by atoms with Crippen molar-refractivity contribution in [3.63, 3.8) is 0 Å². The lowest BCUT2D eigenvalue weighted by molar-refractivity contribution is -0.147. The van der Waals surface area contributed by atoms with Gasteiger partial charge in [-0.3, -0.25) is 14.5 Å². The molecular weight excluding hydrogens is 346 g/mol. The zero-order valence-corrected chi connectivity index (χ0v) is 16.1. The van der Waals surface area contributed by atoms with Gasteiger partial charge in [0.1, 0.15) is 0 Å². The molecule has 1 aromatic rings. The molecule has 0 aliphatic carbocycles. The van der Waals surface area contributed by atoms with E-state index in [-0.39, 0.29) is 23.8 Å². The number of methoxy groups -OCH3 is 1. The van der Waals surface area contributed by atoms with Crippen molar-refractivity contribution in [2.45, 2.75) is 25.8 Å². The molecule has 2 heterocycles. The molecule has 7 nitrogen and oxygen atoms in total. The summed E-state index contributed by atoms with van der Waals surface area (Å²) >= 11 is 0. The van der Waals surface area contributed by atoms with Crippen LogP contribution in [0.25, 0.3) is 0 Å². The summed E-state index contributed by atoms with van der Waals surface area (Å²) in [5.41, 5.74) is 1.95. The van der Waals surface area contributed by atoms with Crippen molar-refractivity contribution < 1.29 is 19.1 Å². The molecule has 0 saturated carbocycles. The Balaban J connectivity index is 1.50. The van der Waals surface area contributed by atoms with Crippen LogP contribution >= 0.6 is 0 Å². The molecule has 1 amide bonds. The van der Waals surface area contributed by atoms with Crippen LogP contribution in [0.1, 0.15) is 19.8 Å². The van der Waals surface area contributed by atoms with Gasteiger partial charge >= 0.3 is 5.97 Å². The maximum atomic E-state index is 12.6. The minimum absolute atomic E-state index is 0.0226. The van der Waals surface area contributed by atoms with E-state index in [0.29, 0.717) is 0 Å². The number of morpholine rings is 1. The Morgan fingerprint density at radius 2 is 1.74 bits per heavy atom. The van der Waals surface area contributed by atoms with E-state index in [0.717, 1.165) is 63.6 Å². The maximum Gasteiger partial charge on any atom is 0.308 e. The smallest absolute Gasteiger partial charge is 0.308 e. The van der Waals surface area contributed by atoms with E-state index in [1.165, 1.54) is 7.11 Å². The van der Waals surface area contributed by atoms with Gasteiger partial charge in [-0.1, -0.05) is 0 Å². The van der Waals surface area contributed by atoms with Gasteiger partial charge in [0, 0.05) is 24.5 Å². The van der Waals surface area contributed by atoms with Crippen molar-refractivity contribution in [1.82, 2.24) is 4.90 Å². The highest BCUT2D eigenvalue weighted by molar-refractivity contribution is 5.94. The first-order chi connectivity index (χ1) is 13.1. The molecule has 0 spiro atoms. The van der Waals surface area contributed by atoms with Crippen LogP contribution in [-0.2, 0) is 19.1 Å². The molecule has 148 valence electrons. The van der Waals surface area contributed by atoms with Crippen LogP contribution in [0.4, 0.5) is 11.4 Å². The predicted octanol–water partition coefficient (Wildman–Crippen LogP) is 1.74. The molecule has 2 fully saturated rings. The monoisotopic (exact) mass is 375 g/mol. The van der Waals surface area contributed by atoms with E-state index >= 15 is 0 Å². The molecule has 2 aliphatic rings. The van der Waals surface area contributed by atoms with E-state index in [1.807, 2.05) is 31.2 Å². The van der Waals surface area contributed by atoms with Crippen LogP contribution in [-0.4, -0.2) is 69.3 Å². The molecule has 1 N–H and O–H groups in total. The number of amides is 1. The van der Waals surface area contributed by atoms with Gasteiger partial charge in [-0.25, -0.2) is 0 Å². The van der Waals surface area contributed by atoms with Crippen LogP contribution in [0, 0.1) is 5.92 Å². The predicted molar refractivity (Wildman–Crippen MR) is 104 cm³/mol. The average Bonchev–Trinajstić information content (AvgIpc) is 2.74. The van der Waals surface area contributed by atoms with Crippen molar-refractivity contribution in [3.05, 3.63) is 24.3 Å². The first-order valence-electron chi connectivity index (χ1n) is 9.64. The second-order valence-corrected chi connectivity index (χ2v) is 7.14. The van der Waals surface area contributed by atoms with Crippen LogP contribution in [0.3, 0.4) is 0 Å². The minimum Gasteiger partial charge on any atom is -0.469 e. The van der Waals surface area contributed by atoms with Gasteiger partial charge in [0.05, 0.1) is 32.3 Å². The van der Waals surface area contributed by atoms with E-state index in [4.69, 9.17) is 9.47 Å². The number of nitrogens with zero attached hydrogens (tertiary/aromatic N) is 2. The summed E-state index contributed by atoms with van der Waals surface area (Å²) in [5.74, 6) is -0.216. The maximum absolute atomic E-state index is 12.6. The van der Waals surface area contributed by atoms with Crippen LogP contribution < -0.4 is 10.2 Å². The summed E-state index contributed by atoms with van der Waals surface area (Å²) in [6, 6.07) is 7.72. The fraction of sp³-hybridized carbons (Fsp3) is 0.600. The molecule has 1 atom stereocenters. The van der Waals surface area contributed by atoms with E-state index in [2.05, 4.69) is 15.1 Å². The van der Waals surface area contributed by atoms with Crippen molar-refractivity contribution in [3.8, 4) is 0 Å². The Morgan fingerprint density at radius 3 is 2.33 bits per heavy atom. The molecule has 0 radical (unpaired) electrons. The molecule has 2 saturated heterocycles. The summed E-state index contributed by atoms with van der Waals surface area (Å²) in [4.78, 5) is 28.6. The number of benzene rings is 1. The Hall–Kier alpha value is -2.12. The lowest BCUT2D eigenvalue weighted by Crippen LogP contribution is -2.47. The number of esters is 1. The Morgan fingerprint density at radius 1 is 1.11 bits per heavy atom. The number of rotatable bonds is 5. The van der Waals surface area contributed by atoms with Crippen molar-refractivity contribution in [2.75, 3.05) is 56.7 Å². The molecule has 1 aromatic carbocycles. The van der Waals surface area contributed by atoms with Gasteiger partial charge in [0.15, 0.2) is 0 Å². The lowest BCUT2D eigenvalue weighted by Gasteiger charge is -2.34. The lowest BCUT2D eigenvalue weighted by atomic mass is 9.96. The summed E-state index contributed by atoms with van der Waals surface area (Å²) in [6.07, 6.45) is 1.47. The van der Waals surface area contributed by atoms with E-state index < -0.39 is 0 Å². The van der Waals surface area contributed by atoms with Crippen molar-refractivity contribution in [2.24, 2.45) is 5.92 Å². The molecule has 7 heteroatoms. The third-order valence-electron chi connectivity index (χ3n) is 5.50. The van der Waals surface area contributed by atoms with E-state index in [9.17, 15) is 9.59 Å². The highest BCUT2D eigenvalue weighted by atomic mass is 16.5. The fourth-order valence-corrected chi connectivity index (χ4v) is 3.68. The molecule has 27 heavy (non-hydrogen) atoms. The van der Waals surface area contributed by atoms with Crippen LogP contribution in [0.5, 0.6) is 0 Å². The quantitative estimate of drug-likeness (QED) is 0.791. The topological polar surface area (TPSA) is 71.1 Å². The third kappa shape index (κ3) is 4.99. The van der Waals surface area contributed by atoms with Gasteiger partial charge in [-0.15, -0.1) is 0 Å². The number of carbonyl (C=O) groups is 2. The first kappa shape index (κ1) is 19.6. The Bertz CT molecular complexity index is 635. The summed E-state index contributed by atoms with van der Waals surface area (Å²) < 4.78 is 10.2. The number of ether oxygens (including phenoxy) is 2. The SMILES string of the molecule is COC(=O)C1CCN([C@H](C)C(=O)Nc2ccc(N3CCOCC3)cc2)CC1. The Labute approximate surface area is 160 Å². The molecule has 2 aliphatic heterocycles. The number of piperidine rings is 1. The zero-order valence-electron chi connectivity index (χ0n) is 16.1. The van der Waals surface area contributed by atoms with Crippen molar-refractivity contribution in [1.29, 1.82) is 0 Å². The number of nitrogens with one attached hydrogen (secondary N) is 1. The second kappa shape index (κ2) is 9.19. The summed E-state index contributed by atoms with van der Waals surface area (Å²) in [6.45, 7) is 6.66. The molecule has 0 unspecified atom stereocenters. The van der Waals surface area contributed by atoms with Gasteiger partial charge in [0.25, 0.3) is 0 Å². The molecule has 0 bridgehead atoms. The normalized spacial score (nSPS) is 20.1. The largest absolute Gasteiger partial charge is 0.469 e. The van der Waals surface area contributed by atoms with Crippen LogP contribution in [0.2, 0.25) is 0 Å². The third-order valence-corrected chi connectivity index (χ3v) is 5.50. The zero-order chi connectivity index (χ0) is 19.2. The van der Waals surface area contributed by atoms with Crippen molar-refractivity contribution >= 4 is 23.3 Å². The molecular formula is C20H29N3O4. The van der Waals surface area contributed by atoms with Gasteiger partial charge in [-0.05, 0) is 57.1 Å². The van der Waals surface area contributed by atoms with Crippen LogP contribution in [0.15, 0.2) is 24.3 Å². The minimum atomic E-state index is -0.234. The number of hydrogen-bond donors (Lipinski definition) is 1. The number of hydrogen-bond acceptors (Lipinski definition) is 6. The van der Waals surface area contributed by atoms with Gasteiger partial charge in [0.2, 0.25) is 5.91 Å².